The van der Waals surface area contributed by atoms with Crippen LogP contribution in [0, 0.1) is 5.92 Å². The maximum Gasteiger partial charge on any atom is 0.322 e. The van der Waals surface area contributed by atoms with Crippen molar-refractivity contribution < 1.29 is 14.3 Å². The molecule has 32 heavy (non-hydrogen) atoms. The molecule has 2 saturated heterocycles. The first kappa shape index (κ1) is 22.0. The summed E-state index contributed by atoms with van der Waals surface area (Å²) in [5.41, 5.74) is 0.591. The number of carbonyl (C=O) groups is 1. The molecule has 1 aromatic heterocycles. The summed E-state index contributed by atoms with van der Waals surface area (Å²) in [6, 6.07) is 9.36. The summed E-state index contributed by atoms with van der Waals surface area (Å²) in [7, 11) is 3.13. The number of piperidine rings is 1. The molecule has 0 atom stereocenters. The van der Waals surface area contributed by atoms with E-state index in [0.717, 1.165) is 30.6 Å². The zero-order chi connectivity index (χ0) is 22.5. The molecule has 172 valence electrons. The van der Waals surface area contributed by atoms with Gasteiger partial charge in [-0.15, -0.1) is 10.2 Å². The van der Waals surface area contributed by atoms with Crippen LogP contribution in [-0.4, -0.2) is 74.6 Å². The summed E-state index contributed by atoms with van der Waals surface area (Å²) >= 11 is 0. The number of piperazine rings is 1. The van der Waals surface area contributed by atoms with E-state index < -0.39 is 0 Å². The second-order valence-corrected chi connectivity index (χ2v) is 8.36. The molecule has 2 aliphatic heterocycles. The zero-order valence-electron chi connectivity index (χ0n) is 19.1. The molecule has 0 aliphatic carbocycles. The Morgan fingerprint density at radius 3 is 2.09 bits per heavy atom. The highest BCUT2D eigenvalue weighted by atomic mass is 16.5. The fourth-order valence-electron chi connectivity index (χ4n) is 4.21. The van der Waals surface area contributed by atoms with E-state index in [1.165, 1.54) is 12.8 Å². The molecule has 0 unspecified atom stereocenters. The van der Waals surface area contributed by atoms with Gasteiger partial charge < -0.3 is 29.5 Å². The van der Waals surface area contributed by atoms with Gasteiger partial charge in [0.25, 0.3) is 0 Å². The molecule has 2 amide bonds. The number of carbonyl (C=O) groups excluding carboxylic acids is 1. The number of methoxy groups -OCH3 is 2. The Kier molecular flexibility index (Phi) is 6.82. The number of aromatic nitrogens is 2. The molecule has 3 heterocycles. The van der Waals surface area contributed by atoms with E-state index in [9.17, 15) is 4.79 Å². The van der Waals surface area contributed by atoms with Gasteiger partial charge in [-0.3, -0.25) is 0 Å². The molecule has 9 nitrogen and oxygen atoms in total. The molecule has 2 aliphatic rings. The van der Waals surface area contributed by atoms with Gasteiger partial charge in [-0.1, -0.05) is 13.0 Å². The van der Waals surface area contributed by atoms with Crippen molar-refractivity contribution in [2.24, 2.45) is 5.92 Å². The summed E-state index contributed by atoms with van der Waals surface area (Å²) in [4.78, 5) is 19.1. The van der Waals surface area contributed by atoms with E-state index >= 15 is 0 Å². The Balaban J connectivity index is 1.32. The zero-order valence-corrected chi connectivity index (χ0v) is 19.1. The van der Waals surface area contributed by atoms with Crippen molar-refractivity contribution >= 4 is 23.4 Å². The minimum atomic E-state index is -0.156. The second-order valence-electron chi connectivity index (χ2n) is 8.36. The Bertz CT molecular complexity index is 906. The monoisotopic (exact) mass is 440 g/mol. The van der Waals surface area contributed by atoms with E-state index in [0.29, 0.717) is 43.4 Å². The minimum absolute atomic E-state index is 0.156. The molecular formula is C23H32N6O3. The third kappa shape index (κ3) is 4.81. The molecule has 0 bridgehead atoms. The maximum atomic E-state index is 12.8. The average molecular weight is 441 g/mol. The molecule has 0 spiro atoms. The van der Waals surface area contributed by atoms with Gasteiger partial charge in [0.15, 0.2) is 23.1 Å². The third-order valence-corrected chi connectivity index (χ3v) is 6.28. The average Bonchev–Trinajstić information content (AvgIpc) is 2.84. The fourth-order valence-corrected chi connectivity index (χ4v) is 4.21. The van der Waals surface area contributed by atoms with Crippen LogP contribution in [0.2, 0.25) is 0 Å². The molecule has 9 heteroatoms. The highest BCUT2D eigenvalue weighted by Crippen LogP contribution is 2.34. The molecular weight excluding hydrogens is 408 g/mol. The standard InChI is InChI=1S/C23H32N6O3/c1-17-9-11-27(12-10-17)20-7-8-21(26-25-20)28-13-15-29(16-14-28)23(30)24-18-5-4-6-19(31-2)22(18)32-3/h4-8,17H,9-16H2,1-3H3,(H,24,30). The van der Waals surface area contributed by atoms with E-state index in [2.05, 4.69) is 38.3 Å². The van der Waals surface area contributed by atoms with Crippen LogP contribution < -0.4 is 24.6 Å². The van der Waals surface area contributed by atoms with E-state index in [4.69, 9.17) is 9.47 Å². The van der Waals surface area contributed by atoms with Crippen molar-refractivity contribution in [1.29, 1.82) is 0 Å². The number of hydrogen-bond acceptors (Lipinski definition) is 7. The smallest absolute Gasteiger partial charge is 0.322 e. The van der Waals surface area contributed by atoms with Gasteiger partial charge in [0, 0.05) is 39.3 Å². The number of ether oxygens (including phenoxy) is 2. The first-order valence-corrected chi connectivity index (χ1v) is 11.2. The number of rotatable bonds is 5. The normalized spacial score (nSPS) is 17.3. The summed E-state index contributed by atoms with van der Waals surface area (Å²) < 4.78 is 10.7. The van der Waals surface area contributed by atoms with Gasteiger partial charge in [0.2, 0.25) is 0 Å². The predicted octanol–water partition coefficient (Wildman–Crippen LogP) is 3.08. The van der Waals surface area contributed by atoms with Crippen LogP contribution in [0.4, 0.5) is 22.1 Å². The number of nitrogens with one attached hydrogen (secondary N) is 1. The van der Waals surface area contributed by atoms with E-state index in [1.54, 1.807) is 31.3 Å². The summed E-state index contributed by atoms with van der Waals surface area (Å²) in [5.74, 6) is 3.69. The highest BCUT2D eigenvalue weighted by Gasteiger charge is 2.24. The lowest BCUT2D eigenvalue weighted by Crippen LogP contribution is -2.50. The Morgan fingerprint density at radius 2 is 1.53 bits per heavy atom. The molecule has 2 aromatic rings. The molecule has 1 aromatic carbocycles. The van der Waals surface area contributed by atoms with Crippen LogP contribution in [0.15, 0.2) is 30.3 Å². The molecule has 1 N–H and O–H groups in total. The summed E-state index contributed by atoms with van der Waals surface area (Å²) in [6.07, 6.45) is 2.41. The van der Waals surface area contributed by atoms with Gasteiger partial charge in [-0.2, -0.15) is 0 Å². The lowest BCUT2D eigenvalue weighted by atomic mass is 9.99. The summed E-state index contributed by atoms with van der Waals surface area (Å²) in [5, 5.41) is 11.9. The quantitative estimate of drug-likeness (QED) is 0.765. The highest BCUT2D eigenvalue weighted by molar-refractivity contribution is 5.91. The molecule has 2 fully saturated rings. The number of benzene rings is 1. The predicted molar refractivity (Wildman–Crippen MR) is 125 cm³/mol. The van der Waals surface area contributed by atoms with Gasteiger partial charge in [0.1, 0.15) is 0 Å². The van der Waals surface area contributed by atoms with Crippen molar-refractivity contribution in [2.75, 3.05) is 68.6 Å². The maximum absolute atomic E-state index is 12.8. The number of anilines is 3. The number of urea groups is 1. The van der Waals surface area contributed by atoms with E-state index in [-0.39, 0.29) is 6.03 Å². The number of para-hydroxylation sites is 1. The van der Waals surface area contributed by atoms with Crippen LogP contribution >= 0.6 is 0 Å². The minimum Gasteiger partial charge on any atom is -0.493 e. The van der Waals surface area contributed by atoms with Crippen LogP contribution in [0.1, 0.15) is 19.8 Å². The first-order valence-electron chi connectivity index (χ1n) is 11.2. The van der Waals surface area contributed by atoms with E-state index in [1.807, 2.05) is 12.1 Å². The van der Waals surface area contributed by atoms with Crippen LogP contribution in [0.5, 0.6) is 11.5 Å². The van der Waals surface area contributed by atoms with Crippen molar-refractivity contribution in [3.8, 4) is 11.5 Å². The number of hydrogen-bond donors (Lipinski definition) is 1. The molecule has 4 rings (SSSR count). The van der Waals surface area contributed by atoms with Crippen LogP contribution in [0.3, 0.4) is 0 Å². The molecule has 0 radical (unpaired) electrons. The first-order chi connectivity index (χ1) is 15.6. The van der Waals surface area contributed by atoms with Gasteiger partial charge in [-0.25, -0.2) is 4.79 Å². The lowest BCUT2D eigenvalue weighted by Gasteiger charge is -2.35. The van der Waals surface area contributed by atoms with Gasteiger partial charge >= 0.3 is 6.03 Å². The molecule has 0 saturated carbocycles. The third-order valence-electron chi connectivity index (χ3n) is 6.28. The Morgan fingerprint density at radius 1 is 0.906 bits per heavy atom. The lowest BCUT2D eigenvalue weighted by molar-refractivity contribution is 0.208. The van der Waals surface area contributed by atoms with Crippen molar-refractivity contribution in [3.63, 3.8) is 0 Å². The number of nitrogens with zero attached hydrogens (tertiary/aromatic N) is 5. The Hall–Kier alpha value is -3.23. The van der Waals surface area contributed by atoms with Crippen molar-refractivity contribution in [1.82, 2.24) is 15.1 Å². The van der Waals surface area contributed by atoms with Crippen LogP contribution in [0.25, 0.3) is 0 Å². The second kappa shape index (κ2) is 9.93. The largest absolute Gasteiger partial charge is 0.493 e. The number of amides is 2. The van der Waals surface area contributed by atoms with Crippen LogP contribution in [-0.2, 0) is 0 Å². The SMILES string of the molecule is COc1cccc(NC(=O)N2CCN(c3ccc(N4CCC(C)CC4)nn3)CC2)c1OC. The fraction of sp³-hybridized carbons (Fsp3) is 0.522. The van der Waals surface area contributed by atoms with Crippen molar-refractivity contribution in [3.05, 3.63) is 30.3 Å². The van der Waals surface area contributed by atoms with Gasteiger partial charge in [-0.05, 0) is 43.0 Å². The van der Waals surface area contributed by atoms with Crippen molar-refractivity contribution in [2.45, 2.75) is 19.8 Å². The Labute approximate surface area is 189 Å². The van der Waals surface area contributed by atoms with Gasteiger partial charge in [0.05, 0.1) is 19.9 Å². The summed E-state index contributed by atoms with van der Waals surface area (Å²) in [6.45, 7) is 7.01. The topological polar surface area (TPSA) is 83.1 Å².